The van der Waals surface area contributed by atoms with Gasteiger partial charge in [-0.1, -0.05) is 48.0 Å². The Morgan fingerprint density at radius 3 is 2.16 bits per heavy atom. The first-order chi connectivity index (χ1) is 8.99. The maximum Gasteiger partial charge on any atom is 0.181 e. The Morgan fingerprint density at radius 2 is 1.58 bits per heavy atom. The molecule has 2 aromatic rings. The Morgan fingerprint density at radius 1 is 1.00 bits per heavy atom. The Hall–Kier alpha value is -1.65. The molecule has 3 nitrogen and oxygen atoms in total. The molecule has 2 rings (SSSR count). The smallest absolute Gasteiger partial charge is 0.181 e. The van der Waals surface area contributed by atoms with Crippen LogP contribution in [-0.4, -0.2) is 19.3 Å². The Labute approximate surface area is 113 Å². The van der Waals surface area contributed by atoms with E-state index in [0.717, 1.165) is 5.56 Å². The van der Waals surface area contributed by atoms with Crippen molar-refractivity contribution in [1.29, 1.82) is 0 Å². The average molecular weight is 276 g/mol. The lowest BCUT2D eigenvalue weighted by atomic mass is 10.1. The minimum absolute atomic E-state index is 0.237. The lowest BCUT2D eigenvalue weighted by molar-refractivity contribution is 0.201. The molecule has 0 bridgehead atoms. The van der Waals surface area contributed by atoms with E-state index in [0.29, 0.717) is 5.56 Å². The molecule has 0 heterocycles. The van der Waals surface area contributed by atoms with Crippen LogP contribution in [0.4, 0.5) is 0 Å². The highest BCUT2D eigenvalue weighted by atomic mass is 32.2. The molecule has 0 saturated carbocycles. The van der Waals surface area contributed by atoms with Gasteiger partial charge in [0, 0.05) is 0 Å². The van der Waals surface area contributed by atoms with E-state index in [1.807, 2.05) is 19.1 Å². The molecule has 1 unspecified atom stereocenters. The summed E-state index contributed by atoms with van der Waals surface area (Å²) in [5.74, 6) is -0.305. The van der Waals surface area contributed by atoms with Crippen LogP contribution in [0.5, 0.6) is 0 Å². The van der Waals surface area contributed by atoms with Crippen molar-refractivity contribution in [3.8, 4) is 0 Å². The molecule has 100 valence electrons. The number of hydrogen-bond donors (Lipinski definition) is 1. The highest BCUT2D eigenvalue weighted by Gasteiger charge is 2.20. The molecule has 0 spiro atoms. The molecule has 2 aromatic carbocycles. The van der Waals surface area contributed by atoms with Crippen molar-refractivity contribution in [2.24, 2.45) is 0 Å². The third kappa shape index (κ3) is 3.43. The Bertz CT molecular complexity index is 631. The third-order valence-corrected chi connectivity index (χ3v) is 4.69. The maximum atomic E-state index is 12.1. The van der Waals surface area contributed by atoms with Gasteiger partial charge in [-0.05, 0) is 24.6 Å². The summed E-state index contributed by atoms with van der Waals surface area (Å²) in [6.07, 6.45) is -1.01. The molecule has 1 N–H and O–H groups in total. The van der Waals surface area contributed by atoms with Gasteiger partial charge in [0.1, 0.15) is 0 Å². The number of aliphatic hydroxyl groups is 1. The number of benzene rings is 2. The fourth-order valence-electron chi connectivity index (χ4n) is 1.82. The van der Waals surface area contributed by atoms with E-state index < -0.39 is 15.9 Å². The molecule has 19 heavy (non-hydrogen) atoms. The summed E-state index contributed by atoms with van der Waals surface area (Å²) in [5, 5.41) is 10.0. The van der Waals surface area contributed by atoms with Gasteiger partial charge in [-0.3, -0.25) is 0 Å². The minimum atomic E-state index is -3.47. The fourth-order valence-corrected chi connectivity index (χ4v) is 3.19. The van der Waals surface area contributed by atoms with Crippen LogP contribution in [0, 0.1) is 6.92 Å². The molecular weight excluding hydrogens is 260 g/mol. The van der Waals surface area contributed by atoms with Crippen LogP contribution in [0.1, 0.15) is 17.2 Å². The van der Waals surface area contributed by atoms with Crippen molar-refractivity contribution in [2.75, 3.05) is 5.75 Å². The SMILES string of the molecule is Cc1ccc(C(O)CS(=O)(=O)c2ccccc2)cc1. The van der Waals surface area contributed by atoms with Crippen LogP contribution in [-0.2, 0) is 9.84 Å². The van der Waals surface area contributed by atoms with Gasteiger partial charge in [0.05, 0.1) is 16.8 Å². The number of aryl methyl sites for hydroxylation is 1. The highest BCUT2D eigenvalue weighted by molar-refractivity contribution is 7.91. The topological polar surface area (TPSA) is 54.4 Å². The summed E-state index contributed by atoms with van der Waals surface area (Å²) < 4.78 is 24.2. The lowest BCUT2D eigenvalue weighted by Crippen LogP contribution is -2.14. The zero-order valence-corrected chi connectivity index (χ0v) is 11.5. The largest absolute Gasteiger partial charge is 0.387 e. The summed E-state index contributed by atoms with van der Waals surface area (Å²) >= 11 is 0. The monoisotopic (exact) mass is 276 g/mol. The molecule has 4 heteroatoms. The van der Waals surface area contributed by atoms with Gasteiger partial charge in [0.15, 0.2) is 9.84 Å². The molecule has 0 aliphatic carbocycles. The van der Waals surface area contributed by atoms with Crippen molar-refractivity contribution < 1.29 is 13.5 Å². The zero-order chi connectivity index (χ0) is 13.9. The number of aliphatic hydroxyl groups excluding tert-OH is 1. The van der Waals surface area contributed by atoms with Crippen molar-refractivity contribution in [3.63, 3.8) is 0 Å². The second-order valence-electron chi connectivity index (χ2n) is 4.52. The van der Waals surface area contributed by atoms with E-state index in [9.17, 15) is 13.5 Å². The van der Waals surface area contributed by atoms with Crippen LogP contribution >= 0.6 is 0 Å². The van der Waals surface area contributed by atoms with Gasteiger partial charge < -0.3 is 5.11 Å². The van der Waals surface area contributed by atoms with E-state index in [4.69, 9.17) is 0 Å². The Balaban J connectivity index is 2.19. The van der Waals surface area contributed by atoms with Crippen molar-refractivity contribution in [1.82, 2.24) is 0 Å². The van der Waals surface area contributed by atoms with E-state index in [1.165, 1.54) is 12.1 Å². The van der Waals surface area contributed by atoms with Crippen LogP contribution in [0.15, 0.2) is 59.5 Å². The minimum Gasteiger partial charge on any atom is -0.387 e. The molecule has 0 aliphatic heterocycles. The average Bonchev–Trinajstić information content (AvgIpc) is 2.40. The standard InChI is InChI=1S/C15H16O3S/c1-12-7-9-13(10-8-12)15(16)11-19(17,18)14-5-3-2-4-6-14/h2-10,15-16H,11H2,1H3. The second-order valence-corrected chi connectivity index (χ2v) is 6.56. The predicted octanol–water partition coefficient (Wildman–Crippen LogP) is 2.50. The van der Waals surface area contributed by atoms with Gasteiger partial charge in [-0.25, -0.2) is 8.42 Å². The van der Waals surface area contributed by atoms with E-state index in [2.05, 4.69) is 0 Å². The normalized spacial score (nSPS) is 13.2. The number of hydrogen-bond acceptors (Lipinski definition) is 3. The van der Waals surface area contributed by atoms with E-state index in [-0.39, 0.29) is 10.6 Å². The van der Waals surface area contributed by atoms with Crippen molar-refractivity contribution in [3.05, 3.63) is 65.7 Å². The van der Waals surface area contributed by atoms with Gasteiger partial charge in [0.25, 0.3) is 0 Å². The quantitative estimate of drug-likeness (QED) is 0.933. The summed E-state index contributed by atoms with van der Waals surface area (Å²) in [4.78, 5) is 0.237. The molecule has 0 amide bonds. The molecule has 0 fully saturated rings. The molecule has 0 saturated heterocycles. The number of rotatable bonds is 4. The first-order valence-corrected chi connectivity index (χ1v) is 7.67. The molecule has 0 aromatic heterocycles. The molecule has 0 radical (unpaired) electrons. The third-order valence-electron chi connectivity index (χ3n) is 2.94. The van der Waals surface area contributed by atoms with Crippen LogP contribution in [0.25, 0.3) is 0 Å². The predicted molar refractivity (Wildman–Crippen MR) is 74.6 cm³/mol. The van der Waals surface area contributed by atoms with Crippen LogP contribution in [0.2, 0.25) is 0 Å². The van der Waals surface area contributed by atoms with Gasteiger partial charge in [0.2, 0.25) is 0 Å². The second kappa shape index (κ2) is 5.55. The summed E-state index contributed by atoms with van der Waals surface area (Å²) in [6, 6.07) is 15.4. The Kier molecular flexibility index (Phi) is 4.02. The zero-order valence-electron chi connectivity index (χ0n) is 10.7. The molecule has 0 aliphatic rings. The van der Waals surface area contributed by atoms with Crippen LogP contribution < -0.4 is 0 Å². The first-order valence-electron chi connectivity index (χ1n) is 6.01. The van der Waals surface area contributed by atoms with Gasteiger partial charge in [-0.2, -0.15) is 0 Å². The van der Waals surface area contributed by atoms with Crippen molar-refractivity contribution in [2.45, 2.75) is 17.9 Å². The van der Waals surface area contributed by atoms with Crippen molar-refractivity contribution >= 4 is 9.84 Å². The maximum absolute atomic E-state index is 12.1. The highest BCUT2D eigenvalue weighted by Crippen LogP contribution is 2.20. The fraction of sp³-hybridized carbons (Fsp3) is 0.200. The number of sulfone groups is 1. The molecule has 1 atom stereocenters. The molecular formula is C15H16O3S. The van der Waals surface area contributed by atoms with E-state index >= 15 is 0 Å². The van der Waals surface area contributed by atoms with E-state index in [1.54, 1.807) is 30.3 Å². The van der Waals surface area contributed by atoms with Crippen LogP contribution in [0.3, 0.4) is 0 Å². The summed E-state index contributed by atoms with van der Waals surface area (Å²) in [5.41, 5.74) is 1.69. The first kappa shape index (κ1) is 13.8. The van der Waals surface area contributed by atoms with Gasteiger partial charge in [-0.15, -0.1) is 0 Å². The summed E-state index contributed by atoms with van der Waals surface area (Å²) in [7, 11) is -3.47. The lowest BCUT2D eigenvalue weighted by Gasteiger charge is -2.12. The van der Waals surface area contributed by atoms with Gasteiger partial charge >= 0.3 is 0 Å². The summed E-state index contributed by atoms with van der Waals surface area (Å²) in [6.45, 7) is 1.94.